The minimum Gasteiger partial charge on any atom is -0.480 e. The zero-order valence-electron chi connectivity index (χ0n) is 9.54. The number of ether oxygens (including phenoxy) is 1. The molecule has 0 bridgehead atoms. The number of nitrogens with one attached hydrogen (secondary N) is 1. The van der Waals surface area contributed by atoms with Gasteiger partial charge in [-0.15, -0.1) is 0 Å². The third kappa shape index (κ3) is 2.84. The van der Waals surface area contributed by atoms with E-state index in [1.807, 2.05) is 0 Å². The van der Waals surface area contributed by atoms with Crippen LogP contribution in [-0.2, 0) is 16.1 Å². The molecule has 0 aromatic heterocycles. The van der Waals surface area contributed by atoms with Gasteiger partial charge in [0.25, 0.3) is 0 Å². The SMILES string of the molecule is O=C(O)[C@H]1NCC(OCc2cccc(F)c2)C1O. The van der Waals surface area contributed by atoms with Crippen LogP contribution in [0.1, 0.15) is 5.56 Å². The van der Waals surface area contributed by atoms with E-state index in [0.29, 0.717) is 5.56 Å². The van der Waals surface area contributed by atoms with Crippen molar-refractivity contribution in [3.05, 3.63) is 35.6 Å². The monoisotopic (exact) mass is 255 g/mol. The van der Waals surface area contributed by atoms with Crippen LogP contribution >= 0.6 is 0 Å². The molecule has 1 aliphatic rings. The van der Waals surface area contributed by atoms with Crippen molar-refractivity contribution in [1.29, 1.82) is 0 Å². The summed E-state index contributed by atoms with van der Waals surface area (Å²) < 4.78 is 18.3. The average molecular weight is 255 g/mol. The highest BCUT2D eigenvalue weighted by Crippen LogP contribution is 2.14. The number of carboxylic acids is 1. The lowest BCUT2D eigenvalue weighted by atomic mass is 10.1. The number of aliphatic carboxylic acids is 1. The summed E-state index contributed by atoms with van der Waals surface area (Å²) in [6.45, 7) is 0.390. The summed E-state index contributed by atoms with van der Waals surface area (Å²) in [5.74, 6) is -1.47. The molecule has 1 saturated heterocycles. The van der Waals surface area contributed by atoms with Gasteiger partial charge in [0.15, 0.2) is 0 Å². The van der Waals surface area contributed by atoms with E-state index in [1.165, 1.54) is 12.1 Å². The van der Waals surface area contributed by atoms with Crippen LogP contribution in [0.5, 0.6) is 0 Å². The molecule has 0 saturated carbocycles. The first-order valence-corrected chi connectivity index (χ1v) is 5.58. The van der Waals surface area contributed by atoms with Gasteiger partial charge in [0.05, 0.1) is 12.7 Å². The van der Waals surface area contributed by atoms with Crippen molar-refractivity contribution in [3.63, 3.8) is 0 Å². The Kier molecular flexibility index (Phi) is 3.90. The number of aliphatic hydroxyl groups excluding tert-OH is 1. The lowest BCUT2D eigenvalue weighted by molar-refractivity contribution is -0.142. The fraction of sp³-hybridized carbons (Fsp3) is 0.417. The Morgan fingerprint density at radius 2 is 2.33 bits per heavy atom. The minimum absolute atomic E-state index is 0.132. The lowest BCUT2D eigenvalue weighted by Crippen LogP contribution is -2.40. The van der Waals surface area contributed by atoms with E-state index in [4.69, 9.17) is 9.84 Å². The second-order valence-electron chi connectivity index (χ2n) is 4.19. The zero-order chi connectivity index (χ0) is 13.1. The van der Waals surface area contributed by atoms with Crippen molar-refractivity contribution in [2.45, 2.75) is 24.9 Å². The molecule has 5 nitrogen and oxygen atoms in total. The lowest BCUT2D eigenvalue weighted by Gasteiger charge is -2.16. The van der Waals surface area contributed by atoms with Gasteiger partial charge < -0.3 is 14.9 Å². The van der Waals surface area contributed by atoms with E-state index in [0.717, 1.165) is 0 Å². The molecule has 6 heteroatoms. The van der Waals surface area contributed by atoms with Crippen LogP contribution in [0.25, 0.3) is 0 Å². The second kappa shape index (κ2) is 5.43. The molecule has 1 heterocycles. The molecular weight excluding hydrogens is 241 g/mol. The first-order chi connectivity index (χ1) is 8.58. The van der Waals surface area contributed by atoms with Crippen molar-refractivity contribution >= 4 is 5.97 Å². The molecule has 2 rings (SSSR count). The Morgan fingerprint density at radius 1 is 1.56 bits per heavy atom. The molecule has 1 fully saturated rings. The summed E-state index contributed by atoms with van der Waals surface area (Å²) in [4.78, 5) is 10.7. The molecule has 1 aromatic rings. The van der Waals surface area contributed by atoms with Crippen molar-refractivity contribution < 1.29 is 24.1 Å². The van der Waals surface area contributed by atoms with Crippen LogP contribution in [0.3, 0.4) is 0 Å². The van der Waals surface area contributed by atoms with Gasteiger partial charge in [0.1, 0.15) is 18.0 Å². The number of carbonyl (C=O) groups is 1. The zero-order valence-corrected chi connectivity index (χ0v) is 9.54. The molecule has 0 aliphatic carbocycles. The van der Waals surface area contributed by atoms with Crippen LogP contribution in [0.4, 0.5) is 4.39 Å². The average Bonchev–Trinajstić information content (AvgIpc) is 2.68. The van der Waals surface area contributed by atoms with Gasteiger partial charge in [-0.2, -0.15) is 0 Å². The maximum absolute atomic E-state index is 12.9. The summed E-state index contributed by atoms with van der Waals surface area (Å²) in [7, 11) is 0. The first-order valence-electron chi connectivity index (χ1n) is 5.58. The maximum atomic E-state index is 12.9. The molecule has 0 radical (unpaired) electrons. The van der Waals surface area contributed by atoms with Gasteiger partial charge in [-0.1, -0.05) is 12.1 Å². The number of benzene rings is 1. The van der Waals surface area contributed by atoms with Crippen molar-refractivity contribution in [2.75, 3.05) is 6.54 Å². The summed E-state index contributed by atoms with van der Waals surface area (Å²) in [6, 6.07) is 4.92. The maximum Gasteiger partial charge on any atom is 0.323 e. The van der Waals surface area contributed by atoms with E-state index < -0.39 is 24.2 Å². The van der Waals surface area contributed by atoms with Crippen LogP contribution in [0.15, 0.2) is 24.3 Å². The number of halogens is 1. The predicted molar refractivity (Wildman–Crippen MR) is 60.4 cm³/mol. The Bertz CT molecular complexity index is 440. The van der Waals surface area contributed by atoms with Gasteiger partial charge >= 0.3 is 5.97 Å². The number of aliphatic hydroxyl groups is 1. The molecule has 1 aliphatic heterocycles. The summed E-state index contributed by atoms with van der Waals surface area (Å²) >= 11 is 0. The Morgan fingerprint density at radius 3 is 2.94 bits per heavy atom. The topological polar surface area (TPSA) is 78.8 Å². The van der Waals surface area contributed by atoms with Gasteiger partial charge in [-0.05, 0) is 17.7 Å². The largest absolute Gasteiger partial charge is 0.480 e. The van der Waals surface area contributed by atoms with E-state index in [1.54, 1.807) is 12.1 Å². The van der Waals surface area contributed by atoms with E-state index in [2.05, 4.69) is 5.32 Å². The van der Waals surface area contributed by atoms with Gasteiger partial charge in [-0.3, -0.25) is 10.1 Å². The van der Waals surface area contributed by atoms with E-state index in [-0.39, 0.29) is 19.0 Å². The Hall–Kier alpha value is -1.50. The third-order valence-electron chi connectivity index (χ3n) is 2.88. The normalized spacial score (nSPS) is 27.3. The fourth-order valence-corrected chi connectivity index (χ4v) is 1.92. The smallest absolute Gasteiger partial charge is 0.323 e. The molecule has 0 amide bonds. The molecule has 1 aromatic carbocycles. The summed E-state index contributed by atoms with van der Waals surface area (Å²) in [6.07, 6.45) is -1.70. The number of hydrogen-bond acceptors (Lipinski definition) is 4. The molecule has 2 unspecified atom stereocenters. The number of hydrogen-bond donors (Lipinski definition) is 3. The van der Waals surface area contributed by atoms with Gasteiger partial charge in [-0.25, -0.2) is 4.39 Å². The van der Waals surface area contributed by atoms with Crippen molar-refractivity contribution in [3.8, 4) is 0 Å². The molecular formula is C12H14FNO4. The highest BCUT2D eigenvalue weighted by atomic mass is 19.1. The van der Waals surface area contributed by atoms with Crippen molar-refractivity contribution in [1.82, 2.24) is 5.32 Å². The van der Waals surface area contributed by atoms with Crippen molar-refractivity contribution in [2.24, 2.45) is 0 Å². The molecule has 3 atom stereocenters. The number of carboxylic acid groups (broad SMARTS) is 1. The summed E-state index contributed by atoms with van der Waals surface area (Å²) in [5.41, 5.74) is 0.640. The minimum atomic E-state index is -1.11. The van der Waals surface area contributed by atoms with Crippen LogP contribution < -0.4 is 5.32 Å². The standard InChI is InChI=1S/C12H14FNO4/c13-8-3-1-2-7(4-8)6-18-9-5-14-10(11(9)15)12(16)17/h1-4,9-11,14-15H,5-6H2,(H,16,17)/t9?,10-,11?/m0/s1. The Balaban J connectivity index is 1.90. The molecule has 3 N–H and O–H groups in total. The van der Waals surface area contributed by atoms with Crippen LogP contribution in [-0.4, -0.2) is 41.0 Å². The van der Waals surface area contributed by atoms with E-state index in [9.17, 15) is 14.3 Å². The Labute approximate surface area is 103 Å². The molecule has 98 valence electrons. The predicted octanol–water partition coefficient (Wildman–Crippen LogP) is 0.128. The fourth-order valence-electron chi connectivity index (χ4n) is 1.92. The van der Waals surface area contributed by atoms with Crippen LogP contribution in [0.2, 0.25) is 0 Å². The highest BCUT2D eigenvalue weighted by molar-refractivity contribution is 5.74. The molecule has 0 spiro atoms. The third-order valence-corrected chi connectivity index (χ3v) is 2.88. The second-order valence-corrected chi connectivity index (χ2v) is 4.19. The van der Waals surface area contributed by atoms with Crippen LogP contribution in [0, 0.1) is 5.82 Å². The quantitative estimate of drug-likeness (QED) is 0.712. The first kappa shape index (κ1) is 12.9. The van der Waals surface area contributed by atoms with E-state index >= 15 is 0 Å². The number of rotatable bonds is 4. The summed E-state index contributed by atoms with van der Waals surface area (Å²) in [5, 5.41) is 21.2. The van der Waals surface area contributed by atoms with Gasteiger partial charge in [0.2, 0.25) is 0 Å². The molecule has 18 heavy (non-hydrogen) atoms. The highest BCUT2D eigenvalue weighted by Gasteiger charge is 2.39. The van der Waals surface area contributed by atoms with Gasteiger partial charge in [0, 0.05) is 6.54 Å².